The minimum Gasteiger partial charge on any atom is -0.357 e. The summed E-state index contributed by atoms with van der Waals surface area (Å²) in [5.74, 6) is 0.701. The number of likely N-dealkylation sites (N-methyl/N-ethyl adjacent to an activating group) is 1. The van der Waals surface area contributed by atoms with Gasteiger partial charge in [0.05, 0.1) is 17.2 Å². The molecule has 112 valence electrons. The van der Waals surface area contributed by atoms with E-state index in [1.165, 1.54) is 4.90 Å². The van der Waals surface area contributed by atoms with E-state index in [0.717, 1.165) is 17.2 Å². The first-order valence-corrected chi connectivity index (χ1v) is 7.42. The number of amides is 1. The van der Waals surface area contributed by atoms with Crippen LogP contribution in [0.4, 0.5) is 0 Å². The second-order valence-corrected chi connectivity index (χ2v) is 5.73. The highest BCUT2D eigenvalue weighted by Gasteiger charge is 2.10. The van der Waals surface area contributed by atoms with Crippen LogP contribution < -0.4 is 5.32 Å². The number of carbonyl (C=O) groups excluding carboxylic acids is 1. The number of hydrogen-bond acceptors (Lipinski definition) is 4. The quantitative estimate of drug-likeness (QED) is 0.649. The van der Waals surface area contributed by atoms with Gasteiger partial charge >= 0.3 is 0 Å². The highest BCUT2D eigenvalue weighted by molar-refractivity contribution is 7.09. The Balaban J connectivity index is 2.68. The normalized spacial score (nSPS) is 11.3. The Morgan fingerprint density at radius 3 is 2.65 bits per heavy atom. The summed E-state index contributed by atoms with van der Waals surface area (Å²) in [7, 11) is 5.40. The molecule has 1 N–H and O–H groups in total. The SMILES string of the molecule is CCNC(=NCC(=O)N(C)C)N(C)Cc1csc(C)n1. The fraction of sp³-hybridized carbons (Fsp3) is 0.615. The lowest BCUT2D eigenvalue weighted by molar-refractivity contribution is -0.127. The topological polar surface area (TPSA) is 60.8 Å². The predicted octanol–water partition coefficient (Wildman–Crippen LogP) is 0.937. The number of aliphatic imine (C=N–C) groups is 1. The molecule has 0 bridgehead atoms. The summed E-state index contributed by atoms with van der Waals surface area (Å²) in [6.45, 7) is 5.57. The number of nitrogens with zero attached hydrogens (tertiary/aromatic N) is 4. The Bertz CT molecular complexity index is 469. The molecule has 0 radical (unpaired) electrons. The zero-order chi connectivity index (χ0) is 15.1. The second kappa shape index (κ2) is 7.84. The van der Waals surface area contributed by atoms with Gasteiger partial charge in [0.1, 0.15) is 6.54 Å². The third kappa shape index (κ3) is 5.16. The summed E-state index contributed by atoms with van der Waals surface area (Å²) in [6.07, 6.45) is 0. The molecule has 1 rings (SSSR count). The molecule has 0 fully saturated rings. The van der Waals surface area contributed by atoms with Crippen LogP contribution in [0.3, 0.4) is 0 Å². The molecular formula is C13H23N5OS. The molecule has 7 heteroatoms. The molecule has 0 aliphatic rings. The highest BCUT2D eigenvalue weighted by atomic mass is 32.1. The first-order chi connectivity index (χ1) is 9.43. The third-order valence-electron chi connectivity index (χ3n) is 2.63. The number of nitrogens with one attached hydrogen (secondary N) is 1. The lowest BCUT2D eigenvalue weighted by Gasteiger charge is -2.21. The van der Waals surface area contributed by atoms with Gasteiger partial charge < -0.3 is 15.1 Å². The number of aryl methyl sites for hydroxylation is 1. The third-order valence-corrected chi connectivity index (χ3v) is 3.45. The molecule has 1 heterocycles. The van der Waals surface area contributed by atoms with Gasteiger partial charge in [-0.15, -0.1) is 11.3 Å². The number of thiazole rings is 1. The van der Waals surface area contributed by atoms with Gasteiger partial charge in [-0.3, -0.25) is 4.79 Å². The van der Waals surface area contributed by atoms with Crippen molar-refractivity contribution >= 4 is 23.2 Å². The van der Waals surface area contributed by atoms with E-state index in [2.05, 4.69) is 15.3 Å². The van der Waals surface area contributed by atoms with Crippen molar-refractivity contribution in [3.8, 4) is 0 Å². The maximum atomic E-state index is 11.6. The fourth-order valence-electron chi connectivity index (χ4n) is 1.55. The highest BCUT2D eigenvalue weighted by Crippen LogP contribution is 2.09. The van der Waals surface area contributed by atoms with E-state index >= 15 is 0 Å². The van der Waals surface area contributed by atoms with Gasteiger partial charge in [0, 0.05) is 33.1 Å². The molecule has 6 nitrogen and oxygen atoms in total. The van der Waals surface area contributed by atoms with E-state index in [1.807, 2.05) is 31.2 Å². The molecule has 0 aromatic carbocycles. The summed E-state index contributed by atoms with van der Waals surface area (Å²) in [4.78, 5) is 23.9. The first kappa shape index (κ1) is 16.4. The van der Waals surface area contributed by atoms with Gasteiger partial charge in [0.2, 0.25) is 5.91 Å². The fourth-order valence-corrected chi connectivity index (χ4v) is 2.16. The monoisotopic (exact) mass is 297 g/mol. The van der Waals surface area contributed by atoms with E-state index in [1.54, 1.807) is 25.4 Å². The predicted molar refractivity (Wildman–Crippen MR) is 83.0 cm³/mol. The van der Waals surface area contributed by atoms with Crippen molar-refractivity contribution in [3.63, 3.8) is 0 Å². The minimum atomic E-state index is -0.0155. The van der Waals surface area contributed by atoms with Crippen LogP contribution in [0.5, 0.6) is 0 Å². The van der Waals surface area contributed by atoms with Crippen LogP contribution in [0, 0.1) is 6.92 Å². The van der Waals surface area contributed by atoms with E-state index < -0.39 is 0 Å². The van der Waals surface area contributed by atoms with E-state index in [0.29, 0.717) is 12.5 Å². The van der Waals surface area contributed by atoms with Crippen molar-refractivity contribution in [1.82, 2.24) is 20.1 Å². The molecule has 1 aromatic heterocycles. The van der Waals surface area contributed by atoms with Crippen LogP contribution in [0.2, 0.25) is 0 Å². The van der Waals surface area contributed by atoms with Crippen LogP contribution in [-0.4, -0.2) is 60.9 Å². The van der Waals surface area contributed by atoms with E-state index in [-0.39, 0.29) is 12.5 Å². The van der Waals surface area contributed by atoms with Crippen molar-refractivity contribution in [2.24, 2.45) is 4.99 Å². The van der Waals surface area contributed by atoms with Gasteiger partial charge in [-0.05, 0) is 13.8 Å². The Morgan fingerprint density at radius 1 is 1.45 bits per heavy atom. The van der Waals surface area contributed by atoms with Crippen molar-refractivity contribution < 1.29 is 4.79 Å². The zero-order valence-corrected chi connectivity index (χ0v) is 13.6. The number of aromatic nitrogens is 1. The molecule has 0 aliphatic carbocycles. The summed E-state index contributed by atoms with van der Waals surface area (Å²) < 4.78 is 0. The minimum absolute atomic E-state index is 0.0155. The molecule has 0 aliphatic heterocycles. The average Bonchev–Trinajstić information content (AvgIpc) is 2.79. The average molecular weight is 297 g/mol. The maximum absolute atomic E-state index is 11.6. The lowest BCUT2D eigenvalue weighted by Crippen LogP contribution is -2.39. The Labute approximate surface area is 124 Å². The summed E-state index contributed by atoms with van der Waals surface area (Å²) >= 11 is 1.63. The van der Waals surface area contributed by atoms with Crippen LogP contribution in [0.25, 0.3) is 0 Å². The van der Waals surface area contributed by atoms with Gasteiger partial charge in [-0.2, -0.15) is 0 Å². The standard InChI is InChI=1S/C13H23N5OS/c1-6-14-13(15-7-12(19)17(3)4)18(5)8-11-9-20-10(2)16-11/h9H,6-8H2,1-5H3,(H,14,15). The summed E-state index contributed by atoms with van der Waals surface area (Å²) in [5.41, 5.74) is 1.01. The molecule has 0 saturated carbocycles. The first-order valence-electron chi connectivity index (χ1n) is 6.54. The molecule has 0 saturated heterocycles. The molecule has 0 spiro atoms. The second-order valence-electron chi connectivity index (χ2n) is 4.67. The van der Waals surface area contributed by atoms with E-state index in [4.69, 9.17) is 0 Å². The van der Waals surface area contributed by atoms with E-state index in [9.17, 15) is 4.79 Å². The van der Waals surface area contributed by atoms with Gasteiger partial charge in [0.15, 0.2) is 5.96 Å². The summed E-state index contributed by atoms with van der Waals surface area (Å²) in [5, 5.41) is 6.28. The molecular weight excluding hydrogens is 274 g/mol. The molecule has 20 heavy (non-hydrogen) atoms. The number of guanidine groups is 1. The molecule has 1 amide bonds. The maximum Gasteiger partial charge on any atom is 0.243 e. The van der Waals surface area contributed by atoms with Gasteiger partial charge in [0.25, 0.3) is 0 Å². The smallest absolute Gasteiger partial charge is 0.243 e. The van der Waals surface area contributed by atoms with Crippen LogP contribution in [0.1, 0.15) is 17.6 Å². The number of rotatable bonds is 5. The van der Waals surface area contributed by atoms with Crippen molar-refractivity contribution in [1.29, 1.82) is 0 Å². The van der Waals surface area contributed by atoms with Gasteiger partial charge in [-0.25, -0.2) is 9.98 Å². The largest absolute Gasteiger partial charge is 0.357 e. The molecule has 0 unspecified atom stereocenters. The molecule has 1 aromatic rings. The Hall–Kier alpha value is -1.63. The Morgan fingerprint density at radius 2 is 2.15 bits per heavy atom. The van der Waals surface area contributed by atoms with Crippen LogP contribution in [-0.2, 0) is 11.3 Å². The van der Waals surface area contributed by atoms with Gasteiger partial charge in [-0.1, -0.05) is 0 Å². The Kier molecular flexibility index (Phi) is 6.44. The zero-order valence-electron chi connectivity index (χ0n) is 12.8. The number of carbonyl (C=O) groups is 1. The van der Waals surface area contributed by atoms with Crippen molar-refractivity contribution in [2.45, 2.75) is 20.4 Å². The van der Waals surface area contributed by atoms with Crippen molar-refractivity contribution in [2.75, 3.05) is 34.2 Å². The molecule has 0 atom stereocenters. The van der Waals surface area contributed by atoms with Crippen LogP contribution in [0.15, 0.2) is 10.4 Å². The summed E-state index contributed by atoms with van der Waals surface area (Å²) in [6, 6.07) is 0. The van der Waals surface area contributed by atoms with Crippen molar-refractivity contribution in [3.05, 3.63) is 16.1 Å². The van der Waals surface area contributed by atoms with Crippen LogP contribution >= 0.6 is 11.3 Å². The lowest BCUT2D eigenvalue weighted by atomic mass is 10.4. The number of hydrogen-bond donors (Lipinski definition) is 1.